The van der Waals surface area contributed by atoms with E-state index in [9.17, 15) is 9.59 Å². The molecule has 2 aromatic carbocycles. The van der Waals surface area contributed by atoms with E-state index < -0.39 is 12.1 Å². The molecular weight excluding hydrogens is 318 g/mol. The number of carbonyl (C=O) groups excluding carboxylic acids is 2. The zero-order chi connectivity index (χ0) is 18.1. The van der Waals surface area contributed by atoms with Crippen LogP contribution in [0.3, 0.4) is 0 Å². The first-order valence-corrected chi connectivity index (χ1v) is 8.19. The van der Waals surface area contributed by atoms with E-state index in [1.54, 1.807) is 6.92 Å². The van der Waals surface area contributed by atoms with Gasteiger partial charge < -0.3 is 15.4 Å². The van der Waals surface area contributed by atoms with Gasteiger partial charge in [0, 0.05) is 13.0 Å². The van der Waals surface area contributed by atoms with Gasteiger partial charge in [-0.3, -0.25) is 4.79 Å². The fraction of sp³-hybridized carbons (Fsp3) is 0.316. The van der Waals surface area contributed by atoms with E-state index in [0.29, 0.717) is 6.42 Å². The van der Waals surface area contributed by atoms with E-state index >= 15 is 0 Å². The summed E-state index contributed by atoms with van der Waals surface area (Å²) in [6, 6.07) is 15.1. The SMILES string of the molecule is CCOC(=O)NC(Cc1ccc2ccccc2c1)C(=O)NCCC#N. The normalized spacial score (nSPS) is 11.4. The lowest BCUT2D eigenvalue weighted by Gasteiger charge is -2.18. The maximum absolute atomic E-state index is 12.3. The number of ether oxygens (including phenoxy) is 1. The second-order valence-electron chi connectivity index (χ2n) is 5.50. The predicted molar refractivity (Wildman–Crippen MR) is 94.8 cm³/mol. The van der Waals surface area contributed by atoms with Gasteiger partial charge in [-0.2, -0.15) is 5.26 Å². The van der Waals surface area contributed by atoms with Gasteiger partial charge in [-0.15, -0.1) is 0 Å². The van der Waals surface area contributed by atoms with Crippen molar-refractivity contribution in [2.75, 3.05) is 13.2 Å². The lowest BCUT2D eigenvalue weighted by Crippen LogP contribution is -2.48. The number of rotatable bonds is 7. The van der Waals surface area contributed by atoms with Crippen LogP contribution in [0.15, 0.2) is 42.5 Å². The fourth-order valence-electron chi connectivity index (χ4n) is 2.49. The third-order valence-corrected chi connectivity index (χ3v) is 3.67. The lowest BCUT2D eigenvalue weighted by molar-refractivity contribution is -0.123. The third kappa shape index (κ3) is 5.50. The molecule has 0 aromatic heterocycles. The molecule has 0 aliphatic carbocycles. The highest BCUT2D eigenvalue weighted by Gasteiger charge is 2.21. The average Bonchev–Trinajstić information content (AvgIpc) is 2.61. The van der Waals surface area contributed by atoms with Gasteiger partial charge in [-0.25, -0.2) is 4.79 Å². The maximum atomic E-state index is 12.3. The van der Waals surface area contributed by atoms with Crippen LogP contribution in [-0.2, 0) is 16.0 Å². The second kappa shape index (κ2) is 9.28. The zero-order valence-electron chi connectivity index (χ0n) is 14.1. The summed E-state index contributed by atoms with van der Waals surface area (Å²) < 4.78 is 4.87. The van der Waals surface area contributed by atoms with Crippen molar-refractivity contribution in [3.05, 3.63) is 48.0 Å². The molecule has 0 saturated carbocycles. The number of alkyl carbamates (subject to hydrolysis) is 1. The van der Waals surface area contributed by atoms with Crippen molar-refractivity contribution in [2.24, 2.45) is 0 Å². The van der Waals surface area contributed by atoms with Crippen molar-refractivity contribution >= 4 is 22.8 Å². The highest BCUT2D eigenvalue weighted by atomic mass is 16.5. The molecule has 0 aliphatic heterocycles. The van der Waals surface area contributed by atoms with Gasteiger partial charge in [0.1, 0.15) is 6.04 Å². The molecule has 2 amide bonds. The molecule has 0 aliphatic rings. The molecule has 0 heterocycles. The topological polar surface area (TPSA) is 91.2 Å². The Labute approximate surface area is 146 Å². The van der Waals surface area contributed by atoms with Crippen molar-refractivity contribution < 1.29 is 14.3 Å². The minimum absolute atomic E-state index is 0.216. The molecular formula is C19H21N3O3. The van der Waals surface area contributed by atoms with Crippen LogP contribution in [0, 0.1) is 11.3 Å². The van der Waals surface area contributed by atoms with Crippen LogP contribution in [0.4, 0.5) is 4.79 Å². The molecule has 0 spiro atoms. The average molecular weight is 339 g/mol. The van der Waals surface area contributed by atoms with Crippen molar-refractivity contribution in [2.45, 2.75) is 25.8 Å². The molecule has 25 heavy (non-hydrogen) atoms. The molecule has 2 rings (SSSR count). The summed E-state index contributed by atoms with van der Waals surface area (Å²) in [5.41, 5.74) is 0.927. The first-order chi connectivity index (χ1) is 12.1. The van der Waals surface area contributed by atoms with Crippen LogP contribution in [0.1, 0.15) is 18.9 Å². The molecule has 2 aromatic rings. The number of carbonyl (C=O) groups is 2. The summed E-state index contributed by atoms with van der Waals surface area (Å²) in [5.74, 6) is -0.337. The first-order valence-electron chi connectivity index (χ1n) is 8.19. The molecule has 0 bridgehead atoms. The number of amides is 2. The van der Waals surface area contributed by atoms with Crippen molar-refractivity contribution in [1.82, 2.24) is 10.6 Å². The van der Waals surface area contributed by atoms with E-state index in [1.807, 2.05) is 48.5 Å². The van der Waals surface area contributed by atoms with Crippen LogP contribution >= 0.6 is 0 Å². The molecule has 130 valence electrons. The molecule has 6 nitrogen and oxygen atoms in total. The zero-order valence-corrected chi connectivity index (χ0v) is 14.1. The van der Waals surface area contributed by atoms with Crippen molar-refractivity contribution in [1.29, 1.82) is 5.26 Å². The second-order valence-corrected chi connectivity index (χ2v) is 5.50. The molecule has 1 unspecified atom stereocenters. The van der Waals surface area contributed by atoms with Gasteiger partial charge in [0.05, 0.1) is 19.1 Å². The van der Waals surface area contributed by atoms with Crippen molar-refractivity contribution in [3.63, 3.8) is 0 Å². The van der Waals surface area contributed by atoms with Crippen LogP contribution in [0.5, 0.6) is 0 Å². The van der Waals surface area contributed by atoms with Gasteiger partial charge in [-0.1, -0.05) is 42.5 Å². The Kier molecular flexibility index (Phi) is 6.78. The van der Waals surface area contributed by atoms with Gasteiger partial charge in [0.2, 0.25) is 5.91 Å². The Bertz CT molecular complexity index is 783. The summed E-state index contributed by atoms with van der Waals surface area (Å²) in [6.07, 6.45) is -0.0840. The number of nitrogens with zero attached hydrogens (tertiary/aromatic N) is 1. The van der Waals surface area contributed by atoms with E-state index in [4.69, 9.17) is 10.00 Å². The third-order valence-electron chi connectivity index (χ3n) is 3.67. The molecule has 0 saturated heterocycles. The Morgan fingerprint density at radius 2 is 1.96 bits per heavy atom. The Hall–Kier alpha value is -3.07. The van der Waals surface area contributed by atoms with Crippen LogP contribution in [0.25, 0.3) is 10.8 Å². The highest BCUT2D eigenvalue weighted by molar-refractivity contribution is 5.87. The summed E-state index contributed by atoms with van der Waals surface area (Å²) in [5, 5.41) is 16.0. The minimum atomic E-state index is -0.765. The largest absolute Gasteiger partial charge is 0.450 e. The summed E-state index contributed by atoms with van der Waals surface area (Å²) in [4.78, 5) is 24.1. The number of hydrogen-bond acceptors (Lipinski definition) is 4. The van der Waals surface area contributed by atoms with Crippen LogP contribution < -0.4 is 10.6 Å². The summed E-state index contributed by atoms with van der Waals surface area (Å²) >= 11 is 0. The first kappa shape index (κ1) is 18.3. The van der Waals surface area contributed by atoms with E-state index in [0.717, 1.165) is 16.3 Å². The van der Waals surface area contributed by atoms with Gasteiger partial charge in [0.15, 0.2) is 0 Å². The Balaban J connectivity index is 2.13. The number of fused-ring (bicyclic) bond motifs is 1. The minimum Gasteiger partial charge on any atom is -0.450 e. The monoisotopic (exact) mass is 339 g/mol. The number of nitrogens with one attached hydrogen (secondary N) is 2. The summed E-state index contributed by atoms with van der Waals surface area (Å²) in [7, 11) is 0. The van der Waals surface area contributed by atoms with Gasteiger partial charge in [0.25, 0.3) is 0 Å². The van der Waals surface area contributed by atoms with E-state index in [1.165, 1.54) is 0 Å². The van der Waals surface area contributed by atoms with Gasteiger partial charge >= 0.3 is 6.09 Å². The fourth-order valence-corrected chi connectivity index (χ4v) is 2.49. The van der Waals surface area contributed by atoms with E-state index in [-0.39, 0.29) is 25.5 Å². The lowest BCUT2D eigenvalue weighted by atomic mass is 10.0. The van der Waals surface area contributed by atoms with E-state index in [2.05, 4.69) is 10.6 Å². The smallest absolute Gasteiger partial charge is 0.407 e. The maximum Gasteiger partial charge on any atom is 0.407 e. The Morgan fingerprint density at radius 3 is 2.68 bits per heavy atom. The van der Waals surface area contributed by atoms with Crippen LogP contribution in [0.2, 0.25) is 0 Å². The standard InChI is InChI=1S/C19H21N3O3/c1-2-25-19(24)22-17(18(23)21-11-5-10-20)13-14-8-9-15-6-3-4-7-16(15)12-14/h3-4,6-9,12,17H,2,5,11,13H2,1H3,(H,21,23)(H,22,24). The van der Waals surface area contributed by atoms with Crippen molar-refractivity contribution in [3.8, 4) is 6.07 Å². The Morgan fingerprint density at radius 1 is 1.20 bits per heavy atom. The predicted octanol–water partition coefficient (Wildman–Crippen LogP) is 2.53. The molecule has 0 radical (unpaired) electrons. The number of hydrogen-bond donors (Lipinski definition) is 2. The highest BCUT2D eigenvalue weighted by Crippen LogP contribution is 2.16. The summed E-state index contributed by atoms with van der Waals surface area (Å²) in [6.45, 7) is 2.17. The van der Waals surface area contributed by atoms with Crippen LogP contribution in [-0.4, -0.2) is 31.2 Å². The molecule has 6 heteroatoms. The number of nitriles is 1. The molecule has 0 fully saturated rings. The molecule has 1 atom stereocenters. The quantitative estimate of drug-likeness (QED) is 0.758. The number of benzene rings is 2. The molecule has 2 N–H and O–H groups in total. The van der Waals surface area contributed by atoms with Gasteiger partial charge in [-0.05, 0) is 23.3 Å².